The highest BCUT2D eigenvalue weighted by molar-refractivity contribution is 7.90. The van der Waals surface area contributed by atoms with E-state index in [1.165, 1.54) is 49.6 Å². The molecule has 0 aromatic heterocycles. The van der Waals surface area contributed by atoms with Crippen LogP contribution in [0.5, 0.6) is 11.5 Å². The fourth-order valence-electron chi connectivity index (χ4n) is 2.15. The van der Waals surface area contributed by atoms with E-state index in [0.29, 0.717) is 11.1 Å². The van der Waals surface area contributed by atoms with E-state index >= 15 is 0 Å². The van der Waals surface area contributed by atoms with Crippen LogP contribution in [0.3, 0.4) is 0 Å². The molecular weight excluding hydrogens is 368 g/mol. The third kappa shape index (κ3) is 5.16. The molecular formula is C17H17F2NO5S. The summed E-state index contributed by atoms with van der Waals surface area (Å²) in [6.45, 7) is -2.85. The lowest BCUT2D eigenvalue weighted by molar-refractivity contribution is -0.0512. The van der Waals surface area contributed by atoms with E-state index in [-0.39, 0.29) is 22.9 Å². The Balaban J connectivity index is 2.05. The van der Waals surface area contributed by atoms with Crippen LogP contribution in [0.25, 0.3) is 0 Å². The number of halogens is 2. The molecule has 0 atom stereocenters. The number of methoxy groups -OCH3 is 1. The smallest absolute Gasteiger partial charge is 0.387 e. The van der Waals surface area contributed by atoms with E-state index in [9.17, 15) is 22.0 Å². The van der Waals surface area contributed by atoms with Gasteiger partial charge in [-0.25, -0.2) is 8.42 Å². The number of nitrogens with one attached hydrogen (secondary N) is 1. The molecule has 2 aromatic rings. The van der Waals surface area contributed by atoms with Crippen molar-refractivity contribution < 1.29 is 31.5 Å². The van der Waals surface area contributed by atoms with Crippen molar-refractivity contribution >= 4 is 15.7 Å². The van der Waals surface area contributed by atoms with Gasteiger partial charge in [0.15, 0.2) is 21.3 Å². The molecule has 9 heteroatoms. The van der Waals surface area contributed by atoms with Gasteiger partial charge in [-0.15, -0.1) is 0 Å². The number of carbonyl (C=O) groups is 1. The normalized spacial score (nSPS) is 11.3. The Morgan fingerprint density at radius 1 is 1.12 bits per heavy atom. The van der Waals surface area contributed by atoms with Gasteiger partial charge in [-0.2, -0.15) is 8.78 Å². The van der Waals surface area contributed by atoms with Gasteiger partial charge >= 0.3 is 6.61 Å². The number of hydrogen-bond acceptors (Lipinski definition) is 5. The second-order valence-corrected chi connectivity index (χ2v) is 7.36. The summed E-state index contributed by atoms with van der Waals surface area (Å²) in [7, 11) is -2.01. The van der Waals surface area contributed by atoms with Crippen molar-refractivity contribution in [2.75, 3.05) is 13.4 Å². The van der Waals surface area contributed by atoms with Gasteiger partial charge in [-0.3, -0.25) is 4.79 Å². The van der Waals surface area contributed by atoms with Crippen LogP contribution in [0.2, 0.25) is 0 Å². The lowest BCUT2D eigenvalue weighted by Crippen LogP contribution is -2.22. The third-order valence-electron chi connectivity index (χ3n) is 3.44. The maximum absolute atomic E-state index is 12.3. The van der Waals surface area contributed by atoms with Crippen molar-refractivity contribution in [1.82, 2.24) is 5.32 Å². The largest absolute Gasteiger partial charge is 0.493 e. The molecule has 1 amide bonds. The zero-order valence-electron chi connectivity index (χ0n) is 14.0. The summed E-state index contributed by atoms with van der Waals surface area (Å²) in [6, 6.07) is 9.84. The number of alkyl halides is 2. The van der Waals surface area contributed by atoms with Crippen LogP contribution >= 0.6 is 0 Å². The minimum absolute atomic E-state index is 0.103. The molecule has 0 bridgehead atoms. The molecule has 140 valence electrons. The summed E-state index contributed by atoms with van der Waals surface area (Å²) in [6.07, 6.45) is 1.08. The molecule has 2 aromatic carbocycles. The second kappa shape index (κ2) is 8.13. The van der Waals surface area contributed by atoms with E-state index in [0.717, 1.165) is 6.26 Å². The van der Waals surface area contributed by atoms with Gasteiger partial charge in [0.2, 0.25) is 0 Å². The fourth-order valence-corrected chi connectivity index (χ4v) is 2.78. The van der Waals surface area contributed by atoms with Crippen LogP contribution in [-0.2, 0) is 16.4 Å². The maximum atomic E-state index is 12.3. The van der Waals surface area contributed by atoms with Crippen molar-refractivity contribution in [3.05, 3.63) is 53.6 Å². The molecule has 2 rings (SSSR count). The molecule has 26 heavy (non-hydrogen) atoms. The number of ether oxygens (including phenoxy) is 2. The molecule has 1 N–H and O–H groups in total. The summed E-state index contributed by atoms with van der Waals surface area (Å²) in [5.41, 5.74) is 0.909. The first-order valence-electron chi connectivity index (χ1n) is 7.40. The van der Waals surface area contributed by atoms with Gasteiger partial charge in [0, 0.05) is 18.4 Å². The number of carbonyl (C=O) groups excluding carboxylic acids is 1. The van der Waals surface area contributed by atoms with Crippen LogP contribution in [0.4, 0.5) is 8.78 Å². The number of amides is 1. The quantitative estimate of drug-likeness (QED) is 0.792. The lowest BCUT2D eigenvalue weighted by Gasteiger charge is -2.12. The SMILES string of the molecule is COc1cc(CNC(=O)c2ccc(S(C)(=O)=O)cc2)ccc1OC(F)F. The Hall–Kier alpha value is -2.68. The van der Waals surface area contributed by atoms with Gasteiger partial charge in [0.1, 0.15) is 0 Å². The van der Waals surface area contributed by atoms with Gasteiger partial charge in [-0.05, 0) is 42.0 Å². The highest BCUT2D eigenvalue weighted by atomic mass is 32.2. The molecule has 0 aliphatic rings. The summed E-state index contributed by atoms with van der Waals surface area (Å²) in [5, 5.41) is 2.65. The first-order valence-corrected chi connectivity index (χ1v) is 9.30. The first-order chi connectivity index (χ1) is 12.2. The van der Waals surface area contributed by atoms with Crippen LogP contribution in [0.1, 0.15) is 15.9 Å². The number of sulfone groups is 1. The zero-order chi connectivity index (χ0) is 19.3. The van der Waals surface area contributed by atoms with Crippen molar-refractivity contribution in [2.45, 2.75) is 18.1 Å². The van der Waals surface area contributed by atoms with E-state index in [2.05, 4.69) is 10.1 Å². The molecule has 0 unspecified atom stereocenters. The van der Waals surface area contributed by atoms with E-state index < -0.39 is 22.4 Å². The predicted molar refractivity (Wildman–Crippen MR) is 90.3 cm³/mol. The zero-order valence-corrected chi connectivity index (χ0v) is 14.8. The predicted octanol–water partition coefficient (Wildman–Crippen LogP) is 2.63. The van der Waals surface area contributed by atoms with Crippen LogP contribution < -0.4 is 14.8 Å². The average molecular weight is 385 g/mol. The molecule has 6 nitrogen and oxygen atoms in total. The molecule has 0 fully saturated rings. The highest BCUT2D eigenvalue weighted by Crippen LogP contribution is 2.29. The standard InChI is InChI=1S/C17H17F2NO5S/c1-24-15-9-11(3-8-14(15)25-17(18)19)10-20-16(21)12-4-6-13(7-5-12)26(2,22)23/h3-9,17H,10H2,1-2H3,(H,20,21). The van der Waals surface area contributed by atoms with Gasteiger partial charge in [0.25, 0.3) is 5.91 Å². The highest BCUT2D eigenvalue weighted by Gasteiger charge is 2.13. The van der Waals surface area contributed by atoms with Gasteiger partial charge in [-0.1, -0.05) is 6.07 Å². The van der Waals surface area contributed by atoms with E-state index in [1.807, 2.05) is 0 Å². The number of rotatable bonds is 7. The lowest BCUT2D eigenvalue weighted by atomic mass is 10.1. The molecule has 0 saturated carbocycles. The second-order valence-electron chi connectivity index (χ2n) is 5.34. The van der Waals surface area contributed by atoms with Crippen molar-refractivity contribution in [1.29, 1.82) is 0 Å². The monoisotopic (exact) mass is 385 g/mol. The molecule has 0 aliphatic heterocycles. The van der Waals surface area contributed by atoms with Gasteiger partial charge < -0.3 is 14.8 Å². The van der Waals surface area contributed by atoms with Gasteiger partial charge in [0.05, 0.1) is 12.0 Å². The van der Waals surface area contributed by atoms with E-state index in [4.69, 9.17) is 4.74 Å². The average Bonchev–Trinajstić information content (AvgIpc) is 2.59. The van der Waals surface area contributed by atoms with Crippen molar-refractivity contribution in [3.63, 3.8) is 0 Å². The minimum atomic E-state index is -3.33. The Morgan fingerprint density at radius 2 is 1.77 bits per heavy atom. The Labute approximate surface area is 149 Å². The maximum Gasteiger partial charge on any atom is 0.387 e. The molecule has 0 spiro atoms. The van der Waals surface area contributed by atoms with Crippen LogP contribution in [0, 0.1) is 0 Å². The Bertz CT molecular complexity index is 883. The number of benzene rings is 2. The fraction of sp³-hybridized carbons (Fsp3) is 0.235. The first kappa shape index (κ1) is 19.6. The Morgan fingerprint density at radius 3 is 2.31 bits per heavy atom. The summed E-state index contributed by atoms with van der Waals surface area (Å²) in [4.78, 5) is 12.2. The van der Waals surface area contributed by atoms with Crippen LogP contribution in [0.15, 0.2) is 47.4 Å². The molecule has 0 radical (unpaired) electrons. The minimum Gasteiger partial charge on any atom is -0.493 e. The number of hydrogen-bond donors (Lipinski definition) is 1. The third-order valence-corrected chi connectivity index (χ3v) is 4.57. The topological polar surface area (TPSA) is 81.7 Å². The summed E-state index contributed by atoms with van der Waals surface area (Å²) >= 11 is 0. The molecule has 0 heterocycles. The summed E-state index contributed by atoms with van der Waals surface area (Å²) < 4.78 is 56.8. The van der Waals surface area contributed by atoms with E-state index in [1.54, 1.807) is 0 Å². The van der Waals surface area contributed by atoms with Crippen molar-refractivity contribution in [3.8, 4) is 11.5 Å². The van der Waals surface area contributed by atoms with Crippen LogP contribution in [-0.4, -0.2) is 34.3 Å². The molecule has 0 saturated heterocycles. The Kier molecular flexibility index (Phi) is 6.14. The van der Waals surface area contributed by atoms with Crippen molar-refractivity contribution in [2.24, 2.45) is 0 Å². The molecule has 0 aliphatic carbocycles. The summed E-state index contributed by atoms with van der Waals surface area (Å²) in [5.74, 6) is -0.389.